The van der Waals surface area contributed by atoms with Crippen LogP contribution in [0.25, 0.3) is 11.3 Å². The van der Waals surface area contributed by atoms with E-state index in [4.69, 9.17) is 11.6 Å². The van der Waals surface area contributed by atoms with Gasteiger partial charge < -0.3 is 10.1 Å². The number of ether oxygens (including phenoxy) is 1. The van der Waals surface area contributed by atoms with E-state index in [9.17, 15) is 22.4 Å². The van der Waals surface area contributed by atoms with Crippen molar-refractivity contribution in [1.82, 2.24) is 14.8 Å². The zero-order valence-electron chi connectivity index (χ0n) is 15.7. The normalized spacial score (nSPS) is 13.8. The van der Waals surface area contributed by atoms with Gasteiger partial charge in [-0.1, -0.05) is 11.6 Å². The SMILES string of the molecule is O=C(Cn1nc(C(F)F)c(Cl)c1C1CC1)Nc1nc(-c2ccc(OC(F)F)cc2)cs1. The van der Waals surface area contributed by atoms with Crippen LogP contribution in [-0.4, -0.2) is 27.3 Å². The number of halogens is 5. The van der Waals surface area contributed by atoms with Crippen LogP contribution in [-0.2, 0) is 11.3 Å². The van der Waals surface area contributed by atoms with Gasteiger partial charge in [-0.25, -0.2) is 13.8 Å². The second-order valence-corrected chi connectivity index (χ2v) is 8.04. The summed E-state index contributed by atoms with van der Waals surface area (Å²) in [6, 6.07) is 5.91. The molecule has 31 heavy (non-hydrogen) atoms. The van der Waals surface area contributed by atoms with Gasteiger partial charge in [-0.15, -0.1) is 11.3 Å². The van der Waals surface area contributed by atoms with Gasteiger partial charge in [0.2, 0.25) is 5.91 Å². The number of aromatic nitrogens is 3. The monoisotopic (exact) mass is 474 g/mol. The van der Waals surface area contributed by atoms with Gasteiger partial charge in [0, 0.05) is 16.9 Å². The van der Waals surface area contributed by atoms with Crippen molar-refractivity contribution in [3.63, 3.8) is 0 Å². The predicted octanol–water partition coefficient (Wildman–Crippen LogP) is 5.72. The Balaban J connectivity index is 1.43. The van der Waals surface area contributed by atoms with Gasteiger partial charge in [-0.3, -0.25) is 9.48 Å². The molecule has 1 fully saturated rings. The van der Waals surface area contributed by atoms with Crippen molar-refractivity contribution in [2.24, 2.45) is 0 Å². The maximum Gasteiger partial charge on any atom is 0.387 e. The molecule has 0 bridgehead atoms. The van der Waals surface area contributed by atoms with E-state index < -0.39 is 24.6 Å². The van der Waals surface area contributed by atoms with E-state index in [1.165, 1.54) is 16.8 Å². The third-order valence-electron chi connectivity index (χ3n) is 4.55. The maximum absolute atomic E-state index is 13.1. The molecule has 0 aliphatic heterocycles. The molecular weight excluding hydrogens is 460 g/mol. The molecule has 0 radical (unpaired) electrons. The van der Waals surface area contributed by atoms with E-state index in [2.05, 4.69) is 20.1 Å². The first-order chi connectivity index (χ1) is 14.8. The lowest BCUT2D eigenvalue weighted by molar-refractivity contribution is -0.117. The number of carbonyl (C=O) groups is 1. The molecule has 0 saturated heterocycles. The van der Waals surface area contributed by atoms with Crippen molar-refractivity contribution in [3.8, 4) is 17.0 Å². The lowest BCUT2D eigenvalue weighted by Crippen LogP contribution is -2.20. The summed E-state index contributed by atoms with van der Waals surface area (Å²) in [7, 11) is 0. The molecule has 1 N–H and O–H groups in total. The van der Waals surface area contributed by atoms with E-state index in [0.29, 0.717) is 22.1 Å². The number of hydrogen-bond acceptors (Lipinski definition) is 5. The van der Waals surface area contributed by atoms with E-state index in [-0.39, 0.29) is 23.2 Å². The third kappa shape index (κ3) is 4.99. The molecule has 1 amide bonds. The van der Waals surface area contributed by atoms with Crippen molar-refractivity contribution in [3.05, 3.63) is 46.1 Å². The molecule has 0 unspecified atom stereocenters. The smallest absolute Gasteiger partial charge is 0.387 e. The van der Waals surface area contributed by atoms with E-state index in [1.54, 1.807) is 17.5 Å². The summed E-state index contributed by atoms with van der Waals surface area (Å²) in [5, 5.41) is 8.35. The van der Waals surface area contributed by atoms with Crippen molar-refractivity contribution >= 4 is 34.0 Å². The fourth-order valence-corrected chi connectivity index (χ4v) is 4.15. The second kappa shape index (κ2) is 8.83. The summed E-state index contributed by atoms with van der Waals surface area (Å²) in [5.41, 5.74) is 1.12. The molecule has 6 nitrogen and oxygen atoms in total. The van der Waals surface area contributed by atoms with Crippen molar-refractivity contribution in [2.45, 2.75) is 38.3 Å². The van der Waals surface area contributed by atoms with Crippen LogP contribution >= 0.6 is 22.9 Å². The van der Waals surface area contributed by atoms with Crippen LogP contribution in [0, 0.1) is 0 Å². The highest BCUT2D eigenvalue weighted by atomic mass is 35.5. The lowest BCUT2D eigenvalue weighted by atomic mass is 10.2. The Morgan fingerprint density at radius 3 is 2.58 bits per heavy atom. The topological polar surface area (TPSA) is 69.0 Å². The zero-order valence-corrected chi connectivity index (χ0v) is 17.3. The van der Waals surface area contributed by atoms with Crippen LogP contribution in [0.15, 0.2) is 29.6 Å². The minimum Gasteiger partial charge on any atom is -0.435 e. The average Bonchev–Trinajstić information content (AvgIpc) is 3.34. The van der Waals surface area contributed by atoms with Crippen LogP contribution in [0.5, 0.6) is 5.75 Å². The van der Waals surface area contributed by atoms with Gasteiger partial charge in [0.25, 0.3) is 6.43 Å². The molecular formula is C19H15ClF4N4O2S. The molecule has 3 aromatic rings. The number of benzene rings is 1. The fraction of sp³-hybridized carbons (Fsp3) is 0.316. The van der Waals surface area contributed by atoms with Crippen molar-refractivity contribution < 1.29 is 27.1 Å². The van der Waals surface area contributed by atoms with Crippen LogP contribution in [0.2, 0.25) is 5.02 Å². The zero-order chi connectivity index (χ0) is 22.1. The quantitative estimate of drug-likeness (QED) is 0.424. The number of hydrogen-bond donors (Lipinski definition) is 1. The van der Waals surface area contributed by atoms with Crippen molar-refractivity contribution in [2.75, 3.05) is 5.32 Å². The number of amides is 1. The number of nitrogens with zero attached hydrogens (tertiary/aromatic N) is 3. The Morgan fingerprint density at radius 1 is 1.26 bits per heavy atom. The summed E-state index contributed by atoms with van der Waals surface area (Å²) in [6.45, 7) is -3.18. The molecule has 0 atom stereocenters. The number of alkyl halides is 4. The number of nitrogens with one attached hydrogen (secondary N) is 1. The lowest BCUT2D eigenvalue weighted by Gasteiger charge is -2.06. The number of rotatable bonds is 8. The highest BCUT2D eigenvalue weighted by Gasteiger charge is 2.34. The Labute approximate surface area is 182 Å². The fourth-order valence-electron chi connectivity index (χ4n) is 3.04. The summed E-state index contributed by atoms with van der Waals surface area (Å²) in [6.07, 6.45) is -1.20. The molecule has 1 saturated carbocycles. The second-order valence-electron chi connectivity index (χ2n) is 6.81. The van der Waals surface area contributed by atoms with Gasteiger partial charge >= 0.3 is 6.61 Å². The van der Waals surface area contributed by atoms with Crippen LogP contribution in [0.3, 0.4) is 0 Å². The number of carbonyl (C=O) groups excluding carboxylic acids is 1. The standard InChI is InChI=1S/C19H15ClF4N4O2S/c20-14-15(17(21)22)27-28(16(14)10-1-2-10)7-13(29)26-19-25-12(8-31-19)9-3-5-11(6-4-9)30-18(23)24/h3-6,8,10,17-18H,1-2,7H2,(H,25,26,29). The molecule has 0 spiro atoms. The molecule has 2 aromatic heterocycles. The van der Waals surface area contributed by atoms with E-state index in [1.807, 2.05) is 0 Å². The summed E-state index contributed by atoms with van der Waals surface area (Å²) >= 11 is 7.22. The summed E-state index contributed by atoms with van der Waals surface area (Å²) < 4.78 is 56.3. The Hall–Kier alpha value is -2.66. The largest absolute Gasteiger partial charge is 0.435 e. The Morgan fingerprint density at radius 2 is 1.97 bits per heavy atom. The Kier molecular flexibility index (Phi) is 6.15. The molecule has 1 aliphatic rings. The van der Waals surface area contributed by atoms with E-state index in [0.717, 1.165) is 24.2 Å². The highest BCUT2D eigenvalue weighted by Crippen LogP contribution is 2.45. The molecule has 164 valence electrons. The first-order valence-electron chi connectivity index (χ1n) is 9.16. The molecule has 1 aromatic carbocycles. The van der Waals surface area contributed by atoms with Crippen molar-refractivity contribution in [1.29, 1.82) is 0 Å². The molecule has 12 heteroatoms. The minimum atomic E-state index is -2.91. The Bertz CT molecular complexity index is 1080. The van der Waals surface area contributed by atoms with Gasteiger partial charge in [0.1, 0.15) is 18.0 Å². The highest BCUT2D eigenvalue weighted by molar-refractivity contribution is 7.14. The van der Waals surface area contributed by atoms with Crippen LogP contribution < -0.4 is 10.1 Å². The van der Waals surface area contributed by atoms with Gasteiger partial charge in [0.15, 0.2) is 5.13 Å². The first kappa shape index (κ1) is 21.6. The maximum atomic E-state index is 13.1. The molecule has 2 heterocycles. The molecule has 4 rings (SSSR count). The summed E-state index contributed by atoms with van der Waals surface area (Å²) in [5.74, 6) is -0.428. The van der Waals surface area contributed by atoms with E-state index >= 15 is 0 Å². The first-order valence-corrected chi connectivity index (χ1v) is 10.4. The molecule has 1 aliphatic carbocycles. The van der Waals surface area contributed by atoms with Crippen LogP contribution in [0.1, 0.15) is 36.6 Å². The van der Waals surface area contributed by atoms with Crippen LogP contribution in [0.4, 0.5) is 22.7 Å². The minimum absolute atomic E-state index is 0.0232. The number of thiazole rings is 1. The predicted molar refractivity (Wildman–Crippen MR) is 107 cm³/mol. The third-order valence-corrected chi connectivity index (χ3v) is 5.69. The van der Waals surface area contributed by atoms with Gasteiger partial charge in [-0.05, 0) is 37.1 Å². The van der Waals surface area contributed by atoms with Gasteiger partial charge in [-0.2, -0.15) is 13.9 Å². The number of anilines is 1. The van der Waals surface area contributed by atoms with Gasteiger partial charge in [0.05, 0.1) is 16.4 Å². The average molecular weight is 475 g/mol. The summed E-state index contributed by atoms with van der Waals surface area (Å²) in [4.78, 5) is 16.7.